The van der Waals surface area contributed by atoms with E-state index in [1.165, 1.54) is 12.1 Å². The molecule has 4 bridgehead atoms. The highest BCUT2D eigenvalue weighted by molar-refractivity contribution is 6.35. The van der Waals surface area contributed by atoms with Gasteiger partial charge < -0.3 is 24.8 Å². The number of nitrogens with one attached hydrogen (secondary N) is 1. The van der Waals surface area contributed by atoms with Gasteiger partial charge in [0.2, 0.25) is 0 Å². The lowest BCUT2D eigenvalue weighted by Crippen LogP contribution is -2.55. The molecule has 3 saturated heterocycles. The summed E-state index contributed by atoms with van der Waals surface area (Å²) in [5.74, 6) is 0.264. The number of hydrogen-bond acceptors (Lipinski definition) is 8. The van der Waals surface area contributed by atoms with Crippen LogP contribution >= 0.6 is 11.6 Å². The van der Waals surface area contributed by atoms with E-state index in [1.54, 1.807) is 18.2 Å². The summed E-state index contributed by atoms with van der Waals surface area (Å²) in [5.41, 5.74) is 0.939. The second kappa shape index (κ2) is 10.8. The summed E-state index contributed by atoms with van der Waals surface area (Å²) in [5, 5.41) is 16.4. The quantitative estimate of drug-likeness (QED) is 0.210. The fourth-order valence-corrected chi connectivity index (χ4v) is 9.82. The van der Waals surface area contributed by atoms with Gasteiger partial charge in [-0.3, -0.25) is 4.90 Å². The van der Waals surface area contributed by atoms with Crippen LogP contribution in [0.15, 0.2) is 30.3 Å². The summed E-state index contributed by atoms with van der Waals surface area (Å²) in [6, 6.07) is 9.29. The first-order valence-electron chi connectivity index (χ1n) is 17.5. The minimum Gasteiger partial charge on any atom is -0.508 e. The normalized spacial score (nSPS) is 30.3. The Bertz CT molecular complexity index is 1970. The summed E-state index contributed by atoms with van der Waals surface area (Å²) < 4.78 is 44.9. The Morgan fingerprint density at radius 1 is 1.08 bits per heavy atom. The van der Waals surface area contributed by atoms with Crippen molar-refractivity contribution in [2.45, 2.75) is 74.6 Å². The van der Waals surface area contributed by atoms with Gasteiger partial charge in [0.1, 0.15) is 22.9 Å². The van der Waals surface area contributed by atoms with Crippen LogP contribution in [0.5, 0.6) is 11.8 Å². The van der Waals surface area contributed by atoms with Gasteiger partial charge in [0.05, 0.1) is 24.3 Å². The van der Waals surface area contributed by atoms with Crippen molar-refractivity contribution in [3.8, 4) is 22.9 Å². The standard InChI is InChI=1S/C37H38ClF2N5O3/c38-26-12-25-34(33(40)31(26)24-11-23(46)10-20-2-5-27(39)32(30(20)24)37-14-19(15-37)16-37)42-36(43-35(25)45-17-21-3-4-22(18-45)41-21)48-8-1-6-44-7-9-47-29-13-28(29)44/h2,5,10-12,19,21-22,28-29,41,46H,1,3-4,6-9,13-18H2. The first kappa shape index (κ1) is 29.6. The third-order valence-electron chi connectivity index (χ3n) is 11.9. The van der Waals surface area contributed by atoms with Crippen LogP contribution in [0.25, 0.3) is 32.8 Å². The maximum Gasteiger partial charge on any atom is 0.319 e. The molecule has 4 aromatic rings. The van der Waals surface area contributed by atoms with Crippen molar-refractivity contribution in [2.75, 3.05) is 44.3 Å². The molecule has 250 valence electrons. The molecular formula is C37H38ClF2N5O3. The van der Waals surface area contributed by atoms with Crippen LogP contribution in [0.3, 0.4) is 0 Å². The molecule has 4 unspecified atom stereocenters. The number of halogens is 3. The molecule has 7 aliphatic rings. The number of hydrogen-bond donors (Lipinski definition) is 2. The number of morpholine rings is 1. The van der Waals surface area contributed by atoms with Crippen molar-refractivity contribution in [1.82, 2.24) is 20.2 Å². The summed E-state index contributed by atoms with van der Waals surface area (Å²) in [4.78, 5) is 14.2. The van der Waals surface area contributed by atoms with Crippen LogP contribution in [-0.2, 0) is 10.2 Å². The highest BCUT2D eigenvalue weighted by Crippen LogP contribution is 2.67. The van der Waals surface area contributed by atoms with Gasteiger partial charge in [0, 0.05) is 60.8 Å². The molecule has 0 radical (unpaired) electrons. The fourth-order valence-electron chi connectivity index (χ4n) is 9.53. The number of phenols is 1. The minimum atomic E-state index is -0.628. The van der Waals surface area contributed by atoms with Gasteiger partial charge in [-0.2, -0.15) is 9.97 Å². The lowest BCUT2D eigenvalue weighted by atomic mass is 9.42. The molecule has 4 heterocycles. The zero-order chi connectivity index (χ0) is 32.3. The van der Waals surface area contributed by atoms with Crippen molar-refractivity contribution < 1.29 is 23.4 Å². The Balaban J connectivity index is 1.08. The van der Waals surface area contributed by atoms with E-state index < -0.39 is 5.82 Å². The molecule has 4 aliphatic carbocycles. The number of benzene rings is 3. The molecule has 11 heteroatoms. The minimum absolute atomic E-state index is 0.0373. The van der Waals surface area contributed by atoms with Gasteiger partial charge in [0.15, 0.2) is 5.82 Å². The monoisotopic (exact) mass is 673 g/mol. The number of phenolic OH excluding ortho intramolecular Hbond substituents is 1. The number of ether oxygens (including phenoxy) is 2. The second-order valence-corrected chi connectivity index (χ2v) is 15.4. The number of anilines is 1. The molecule has 4 atom stereocenters. The van der Waals surface area contributed by atoms with E-state index in [1.807, 2.05) is 0 Å². The largest absolute Gasteiger partial charge is 0.508 e. The maximum absolute atomic E-state index is 17.2. The molecule has 8 nitrogen and oxygen atoms in total. The van der Waals surface area contributed by atoms with E-state index in [4.69, 9.17) is 26.1 Å². The van der Waals surface area contributed by atoms with Crippen molar-refractivity contribution in [1.29, 1.82) is 0 Å². The zero-order valence-electron chi connectivity index (χ0n) is 26.7. The van der Waals surface area contributed by atoms with Gasteiger partial charge in [0.25, 0.3) is 0 Å². The van der Waals surface area contributed by atoms with Crippen LogP contribution < -0.4 is 15.0 Å². The predicted molar refractivity (Wildman–Crippen MR) is 180 cm³/mol. The van der Waals surface area contributed by atoms with E-state index in [-0.39, 0.29) is 39.1 Å². The Morgan fingerprint density at radius 2 is 1.90 bits per heavy atom. The van der Waals surface area contributed by atoms with Gasteiger partial charge in [-0.1, -0.05) is 17.7 Å². The Hall–Kier alpha value is -3.31. The summed E-state index contributed by atoms with van der Waals surface area (Å²) >= 11 is 7.03. The second-order valence-electron chi connectivity index (χ2n) is 15.0. The average Bonchev–Trinajstić information content (AvgIpc) is 3.75. The van der Waals surface area contributed by atoms with E-state index in [9.17, 15) is 5.11 Å². The smallest absolute Gasteiger partial charge is 0.319 e. The molecule has 11 rings (SSSR count). The van der Waals surface area contributed by atoms with E-state index in [0.717, 1.165) is 77.7 Å². The molecular weight excluding hydrogens is 636 g/mol. The van der Waals surface area contributed by atoms with Gasteiger partial charge in [-0.05, 0) is 96.9 Å². The van der Waals surface area contributed by atoms with Crippen molar-refractivity contribution in [2.24, 2.45) is 5.92 Å². The number of aromatic hydroxyl groups is 1. The Labute approximate surface area is 282 Å². The van der Waals surface area contributed by atoms with Crippen LogP contribution in [0, 0.1) is 17.6 Å². The van der Waals surface area contributed by atoms with Crippen molar-refractivity contribution in [3.63, 3.8) is 0 Å². The number of aromatic nitrogens is 2. The first-order valence-corrected chi connectivity index (χ1v) is 17.9. The van der Waals surface area contributed by atoms with E-state index in [0.29, 0.717) is 69.9 Å². The molecule has 2 N–H and O–H groups in total. The Kier molecular flexibility index (Phi) is 6.69. The lowest BCUT2D eigenvalue weighted by molar-refractivity contribution is -0.0287. The predicted octanol–water partition coefficient (Wildman–Crippen LogP) is 6.32. The van der Waals surface area contributed by atoms with Crippen LogP contribution in [-0.4, -0.2) is 83.6 Å². The lowest BCUT2D eigenvalue weighted by Gasteiger charge is -2.62. The topological polar surface area (TPSA) is 83.0 Å². The number of nitrogens with zero attached hydrogens (tertiary/aromatic N) is 4. The molecule has 0 spiro atoms. The highest BCUT2D eigenvalue weighted by Gasteiger charge is 2.59. The first-order chi connectivity index (χ1) is 23.3. The van der Waals surface area contributed by atoms with Gasteiger partial charge >= 0.3 is 6.01 Å². The molecule has 3 aromatic carbocycles. The molecule has 4 saturated carbocycles. The summed E-state index contributed by atoms with van der Waals surface area (Å²) in [6.45, 7) is 4.47. The van der Waals surface area contributed by atoms with E-state index >= 15 is 8.78 Å². The Morgan fingerprint density at radius 3 is 2.67 bits per heavy atom. The van der Waals surface area contributed by atoms with Crippen LogP contribution in [0.4, 0.5) is 14.6 Å². The fraction of sp³-hybridized carbons (Fsp3) is 0.514. The van der Waals surface area contributed by atoms with E-state index in [2.05, 4.69) is 20.1 Å². The summed E-state index contributed by atoms with van der Waals surface area (Å²) in [6.07, 6.45) is 7.21. The maximum atomic E-state index is 17.2. The third kappa shape index (κ3) is 4.62. The molecule has 3 aliphatic heterocycles. The van der Waals surface area contributed by atoms with Crippen LogP contribution in [0.1, 0.15) is 50.5 Å². The highest BCUT2D eigenvalue weighted by atomic mass is 35.5. The van der Waals surface area contributed by atoms with Crippen molar-refractivity contribution in [3.05, 3.63) is 52.6 Å². The zero-order valence-corrected chi connectivity index (χ0v) is 27.4. The average molecular weight is 674 g/mol. The number of fused-ring (bicyclic) bond motifs is 5. The molecule has 7 fully saturated rings. The number of rotatable bonds is 8. The summed E-state index contributed by atoms with van der Waals surface area (Å²) in [7, 11) is 0. The number of piperazine rings is 1. The molecule has 1 aromatic heterocycles. The SMILES string of the molecule is Oc1cc(-c2c(Cl)cc3c(N4CC5CCC(C4)N5)nc(OCCCN4CCOC5CC54)nc3c2F)c2c(C34CC(C3)C4)c(F)ccc2c1. The third-order valence-corrected chi connectivity index (χ3v) is 12.2. The van der Waals surface area contributed by atoms with Gasteiger partial charge in [-0.25, -0.2) is 8.78 Å². The molecule has 48 heavy (non-hydrogen) atoms. The molecule has 0 amide bonds. The van der Waals surface area contributed by atoms with Crippen molar-refractivity contribution >= 4 is 39.1 Å². The van der Waals surface area contributed by atoms with Crippen LogP contribution in [0.2, 0.25) is 5.02 Å². The van der Waals surface area contributed by atoms with Gasteiger partial charge in [-0.15, -0.1) is 0 Å².